The van der Waals surface area contributed by atoms with Gasteiger partial charge >= 0.3 is 0 Å². The van der Waals surface area contributed by atoms with E-state index in [1.54, 1.807) is 12.7 Å². The van der Waals surface area contributed by atoms with Crippen LogP contribution in [-0.4, -0.2) is 31.0 Å². The first kappa shape index (κ1) is 29.3. The van der Waals surface area contributed by atoms with Gasteiger partial charge in [0.15, 0.2) is 0 Å². The van der Waals surface area contributed by atoms with E-state index in [-0.39, 0.29) is 10.8 Å². The fourth-order valence-electron chi connectivity index (χ4n) is 6.50. The van der Waals surface area contributed by atoms with Crippen LogP contribution in [0.4, 0.5) is 0 Å². The van der Waals surface area contributed by atoms with Crippen LogP contribution in [-0.2, 0) is 16.1 Å². The van der Waals surface area contributed by atoms with Gasteiger partial charge in [-0.1, -0.05) is 61.4 Å². The van der Waals surface area contributed by atoms with Gasteiger partial charge in [0.1, 0.15) is 5.75 Å². The van der Waals surface area contributed by atoms with Crippen molar-refractivity contribution in [3.05, 3.63) is 53.6 Å². The van der Waals surface area contributed by atoms with Crippen LogP contribution < -0.4 is 4.74 Å². The highest BCUT2D eigenvalue weighted by Gasteiger charge is 2.52. The molecule has 0 unspecified atom stereocenters. The van der Waals surface area contributed by atoms with E-state index in [4.69, 9.17) is 26.4 Å². The van der Waals surface area contributed by atoms with Crippen molar-refractivity contribution in [2.24, 2.45) is 22.7 Å². The van der Waals surface area contributed by atoms with Crippen molar-refractivity contribution in [2.45, 2.75) is 78.7 Å². The maximum atomic E-state index is 6.26. The van der Waals surface area contributed by atoms with Gasteiger partial charge in [-0.15, -0.1) is 6.58 Å². The predicted octanol–water partition coefficient (Wildman–Crippen LogP) is 8.77. The third kappa shape index (κ3) is 7.17. The summed E-state index contributed by atoms with van der Waals surface area (Å²) in [5.74, 6) is 1.93. The fraction of sp³-hybridized carbons (Fsp3) is 0.645. The molecule has 2 aliphatic carbocycles. The van der Waals surface area contributed by atoms with Gasteiger partial charge in [-0.05, 0) is 105 Å². The average Bonchev–Trinajstić information content (AvgIpc) is 2.87. The number of thioether (sulfide) groups is 1. The molecule has 0 saturated heterocycles. The van der Waals surface area contributed by atoms with Gasteiger partial charge in [-0.3, -0.25) is 0 Å². The van der Waals surface area contributed by atoms with Crippen LogP contribution in [0.15, 0.2) is 48.1 Å². The monoisotopic (exact) mass is 530 g/mol. The number of hydrogen-bond donors (Lipinski definition) is 0. The highest BCUT2D eigenvalue weighted by atomic mass is 32.2. The summed E-state index contributed by atoms with van der Waals surface area (Å²) in [6.07, 6.45) is 14.1. The Morgan fingerprint density at radius 1 is 1.22 bits per heavy atom. The van der Waals surface area contributed by atoms with E-state index >= 15 is 0 Å². The number of benzene rings is 1. The smallest absolute Gasteiger partial charge is 0.219 e. The fourth-order valence-corrected chi connectivity index (χ4v) is 6.73. The van der Waals surface area contributed by atoms with E-state index in [0.29, 0.717) is 29.4 Å². The second-order valence-corrected chi connectivity index (χ2v) is 12.6. The van der Waals surface area contributed by atoms with Crippen molar-refractivity contribution in [3.63, 3.8) is 0 Å². The molecule has 5 heteroatoms. The minimum absolute atomic E-state index is 0.0415. The maximum absolute atomic E-state index is 6.26. The maximum Gasteiger partial charge on any atom is 0.219 e. The molecule has 1 aromatic rings. The lowest BCUT2D eigenvalue weighted by atomic mass is 9.50. The van der Waals surface area contributed by atoms with Gasteiger partial charge in [0, 0.05) is 12.0 Å². The second kappa shape index (κ2) is 13.5. The Kier molecular flexibility index (Phi) is 11.0. The summed E-state index contributed by atoms with van der Waals surface area (Å²) < 4.78 is 18.5. The Balaban J connectivity index is 1.76. The molecule has 3 nitrogen and oxygen atoms in total. The highest BCUT2D eigenvalue weighted by Crippen LogP contribution is 2.59. The van der Waals surface area contributed by atoms with Crippen LogP contribution in [0.1, 0.15) is 77.7 Å². The van der Waals surface area contributed by atoms with Gasteiger partial charge in [0.05, 0.1) is 20.3 Å². The van der Waals surface area contributed by atoms with Crippen LogP contribution in [0.2, 0.25) is 0 Å². The lowest BCUT2D eigenvalue weighted by molar-refractivity contribution is -0.0337. The molecule has 0 aromatic heterocycles. The molecule has 2 aliphatic rings. The topological polar surface area (TPSA) is 27.7 Å². The Morgan fingerprint density at radius 3 is 2.64 bits per heavy atom. The normalized spacial score (nSPS) is 27.6. The van der Waals surface area contributed by atoms with Crippen LogP contribution >= 0.6 is 24.0 Å². The standard InChI is InChI=1S/C31H46O3S2/c1-23(2)9-7-17-30(4)18-8-10-28-27(30)16-11-24(3)31(28,22-34-29(35)36-6)19-20-33-21-25-12-14-26(32-5)15-13-25/h12-16,24,28H,1,7-11,17-22H2,2-6H3/t24-,28-,30-,31+/m1/s1. The number of ether oxygens (including phenoxy) is 3. The molecule has 1 aromatic carbocycles. The first-order valence-corrected chi connectivity index (χ1v) is 15.1. The van der Waals surface area contributed by atoms with Crippen molar-refractivity contribution >= 4 is 28.4 Å². The van der Waals surface area contributed by atoms with Crippen LogP contribution in [0, 0.1) is 22.7 Å². The lowest BCUT2D eigenvalue weighted by Gasteiger charge is -2.55. The number of thiocarbonyl (C=S) groups is 1. The SMILES string of the molecule is C=C(C)CCC[C@]1(C)CCC[C@@H]2C1=CC[C@@H](C)[C@]2(CCOCc1ccc(OC)cc1)COC(=S)SC. The van der Waals surface area contributed by atoms with Crippen LogP contribution in [0.3, 0.4) is 0 Å². The summed E-state index contributed by atoms with van der Waals surface area (Å²) in [6.45, 7) is 13.2. The summed E-state index contributed by atoms with van der Waals surface area (Å²) in [4.78, 5) is 0. The first-order valence-electron chi connectivity index (χ1n) is 13.5. The molecule has 0 aliphatic heterocycles. The largest absolute Gasteiger partial charge is 0.497 e. The van der Waals surface area contributed by atoms with Gasteiger partial charge in [-0.25, -0.2) is 0 Å². The Labute approximate surface area is 229 Å². The molecular formula is C31H46O3S2. The van der Waals surface area contributed by atoms with Gasteiger partial charge in [0.2, 0.25) is 4.38 Å². The molecule has 200 valence electrons. The van der Waals surface area contributed by atoms with Crippen LogP contribution in [0.5, 0.6) is 5.75 Å². The molecule has 1 saturated carbocycles. The quantitative estimate of drug-likeness (QED) is 0.153. The highest BCUT2D eigenvalue weighted by molar-refractivity contribution is 8.22. The molecule has 0 amide bonds. The van der Waals surface area contributed by atoms with E-state index in [1.165, 1.54) is 55.0 Å². The number of hydrogen-bond acceptors (Lipinski definition) is 5. The zero-order valence-electron chi connectivity index (χ0n) is 23.1. The Bertz CT molecular complexity index is 909. The minimum Gasteiger partial charge on any atom is -0.497 e. The third-order valence-corrected chi connectivity index (χ3v) is 9.83. The first-order chi connectivity index (χ1) is 17.2. The molecule has 36 heavy (non-hydrogen) atoms. The third-order valence-electron chi connectivity index (χ3n) is 8.76. The summed E-state index contributed by atoms with van der Waals surface area (Å²) in [5, 5.41) is 0. The van der Waals surface area contributed by atoms with E-state index in [0.717, 1.165) is 31.6 Å². The van der Waals surface area contributed by atoms with Crippen molar-refractivity contribution in [1.82, 2.24) is 0 Å². The molecular weight excluding hydrogens is 484 g/mol. The zero-order chi connectivity index (χ0) is 26.2. The van der Waals surface area contributed by atoms with Crippen molar-refractivity contribution in [2.75, 3.05) is 26.6 Å². The van der Waals surface area contributed by atoms with E-state index in [2.05, 4.69) is 45.6 Å². The van der Waals surface area contributed by atoms with Gasteiger partial charge in [-0.2, -0.15) is 0 Å². The molecule has 0 spiro atoms. The summed E-state index contributed by atoms with van der Waals surface area (Å²) in [6, 6.07) is 8.15. The van der Waals surface area contributed by atoms with Gasteiger partial charge in [0.25, 0.3) is 0 Å². The van der Waals surface area contributed by atoms with Crippen molar-refractivity contribution in [1.29, 1.82) is 0 Å². The Hall–Kier alpha value is -1.30. The van der Waals surface area contributed by atoms with E-state index in [9.17, 15) is 0 Å². The average molecular weight is 531 g/mol. The van der Waals surface area contributed by atoms with E-state index < -0.39 is 0 Å². The summed E-state index contributed by atoms with van der Waals surface area (Å²) >= 11 is 7.01. The zero-order valence-corrected chi connectivity index (χ0v) is 24.7. The molecule has 0 bridgehead atoms. The number of methoxy groups -OCH3 is 1. The van der Waals surface area contributed by atoms with Crippen molar-refractivity contribution < 1.29 is 14.2 Å². The number of rotatable bonds is 12. The molecule has 0 radical (unpaired) electrons. The van der Waals surface area contributed by atoms with Crippen LogP contribution in [0.25, 0.3) is 0 Å². The Morgan fingerprint density at radius 2 is 1.97 bits per heavy atom. The van der Waals surface area contributed by atoms with Crippen molar-refractivity contribution in [3.8, 4) is 5.75 Å². The molecule has 4 atom stereocenters. The predicted molar refractivity (Wildman–Crippen MR) is 158 cm³/mol. The summed E-state index contributed by atoms with van der Waals surface area (Å²) in [7, 11) is 1.69. The molecule has 1 fully saturated rings. The van der Waals surface area contributed by atoms with Gasteiger partial charge < -0.3 is 14.2 Å². The molecule has 3 rings (SSSR count). The van der Waals surface area contributed by atoms with E-state index in [1.807, 2.05) is 18.4 Å². The molecule has 0 heterocycles. The molecule has 0 N–H and O–H groups in total. The minimum atomic E-state index is 0.0415. The lowest BCUT2D eigenvalue weighted by Crippen LogP contribution is -2.49. The number of fused-ring (bicyclic) bond motifs is 1. The summed E-state index contributed by atoms with van der Waals surface area (Å²) in [5.41, 5.74) is 4.46. The second-order valence-electron chi connectivity index (χ2n) is 11.2. The number of allylic oxidation sites excluding steroid dienone is 3.